The van der Waals surface area contributed by atoms with Gasteiger partial charge in [0.2, 0.25) is 11.7 Å². The molecule has 0 atom stereocenters. The van der Waals surface area contributed by atoms with E-state index in [0.29, 0.717) is 47.3 Å². The van der Waals surface area contributed by atoms with Crippen LogP contribution in [0.25, 0.3) is 0 Å². The Morgan fingerprint density at radius 1 is 0.750 bits per heavy atom. The molecule has 7 heteroatoms. The molecule has 28 heavy (non-hydrogen) atoms. The largest absolute Gasteiger partial charge is 0.493 e. The second kappa shape index (κ2) is 9.73. The molecule has 0 radical (unpaired) electrons. The smallest absolute Gasteiger partial charge is 0.221 e. The number of hydrogen-bond acceptors (Lipinski definition) is 6. The van der Waals surface area contributed by atoms with Crippen LogP contribution in [0.1, 0.15) is 18.1 Å². The number of methoxy groups -OCH3 is 5. The van der Waals surface area contributed by atoms with Gasteiger partial charge in [0.25, 0.3) is 0 Å². The minimum Gasteiger partial charge on any atom is -0.493 e. The van der Waals surface area contributed by atoms with E-state index in [-0.39, 0.29) is 5.91 Å². The highest BCUT2D eigenvalue weighted by Crippen LogP contribution is 2.41. The van der Waals surface area contributed by atoms with Crippen molar-refractivity contribution in [1.82, 2.24) is 0 Å². The highest BCUT2D eigenvalue weighted by molar-refractivity contribution is 5.90. The second-order valence-corrected chi connectivity index (χ2v) is 6.00. The van der Waals surface area contributed by atoms with Crippen LogP contribution in [-0.2, 0) is 17.6 Å². The SMILES string of the molecule is COc1ccc(NC(C)=O)c(CCc2ccc(OC)c(OC)c2OC)c1OC. The average molecular weight is 389 g/mol. The Labute approximate surface area is 165 Å². The molecule has 0 aliphatic rings. The van der Waals surface area contributed by atoms with Gasteiger partial charge >= 0.3 is 0 Å². The van der Waals surface area contributed by atoms with Crippen molar-refractivity contribution in [3.05, 3.63) is 35.4 Å². The molecule has 0 heterocycles. The number of benzene rings is 2. The molecule has 2 rings (SSSR count). The Kier molecular flexibility index (Phi) is 7.37. The van der Waals surface area contributed by atoms with Crippen LogP contribution < -0.4 is 29.0 Å². The van der Waals surface area contributed by atoms with Gasteiger partial charge in [0.05, 0.1) is 35.5 Å². The molecule has 1 amide bonds. The molecule has 0 saturated carbocycles. The van der Waals surface area contributed by atoms with Crippen LogP contribution in [0.4, 0.5) is 5.69 Å². The van der Waals surface area contributed by atoms with Gasteiger partial charge in [-0.3, -0.25) is 4.79 Å². The summed E-state index contributed by atoms with van der Waals surface area (Å²) in [5, 5.41) is 2.85. The molecule has 0 aliphatic heterocycles. The van der Waals surface area contributed by atoms with Crippen molar-refractivity contribution in [2.45, 2.75) is 19.8 Å². The molecular weight excluding hydrogens is 362 g/mol. The summed E-state index contributed by atoms with van der Waals surface area (Å²) in [5.41, 5.74) is 2.47. The number of aryl methyl sites for hydroxylation is 1. The Balaban J connectivity index is 2.44. The molecule has 0 unspecified atom stereocenters. The van der Waals surface area contributed by atoms with E-state index in [1.54, 1.807) is 41.6 Å². The average Bonchev–Trinajstić information content (AvgIpc) is 2.70. The summed E-state index contributed by atoms with van der Waals surface area (Å²) < 4.78 is 27.3. The number of ether oxygens (including phenoxy) is 5. The molecule has 0 aliphatic carbocycles. The zero-order chi connectivity index (χ0) is 20.7. The van der Waals surface area contributed by atoms with Crippen molar-refractivity contribution in [2.75, 3.05) is 40.9 Å². The topological polar surface area (TPSA) is 75.3 Å². The predicted molar refractivity (Wildman–Crippen MR) is 107 cm³/mol. The summed E-state index contributed by atoms with van der Waals surface area (Å²) in [5.74, 6) is 2.80. The third kappa shape index (κ3) is 4.42. The van der Waals surface area contributed by atoms with Gasteiger partial charge in [-0.05, 0) is 36.6 Å². The van der Waals surface area contributed by atoms with Crippen LogP contribution >= 0.6 is 0 Å². The van der Waals surface area contributed by atoms with E-state index in [0.717, 1.165) is 11.1 Å². The summed E-state index contributed by atoms with van der Waals surface area (Å²) in [7, 11) is 7.91. The normalized spacial score (nSPS) is 10.2. The van der Waals surface area contributed by atoms with E-state index in [4.69, 9.17) is 23.7 Å². The van der Waals surface area contributed by atoms with Gasteiger partial charge in [0.15, 0.2) is 23.0 Å². The first-order valence-corrected chi connectivity index (χ1v) is 8.79. The maximum Gasteiger partial charge on any atom is 0.221 e. The van der Waals surface area contributed by atoms with Gasteiger partial charge in [-0.25, -0.2) is 0 Å². The van der Waals surface area contributed by atoms with Gasteiger partial charge in [0, 0.05) is 18.2 Å². The quantitative estimate of drug-likeness (QED) is 0.708. The van der Waals surface area contributed by atoms with Crippen LogP contribution in [0.2, 0.25) is 0 Å². The van der Waals surface area contributed by atoms with E-state index < -0.39 is 0 Å². The zero-order valence-electron chi connectivity index (χ0n) is 17.2. The predicted octanol–water partition coefficient (Wildman–Crippen LogP) is 3.47. The molecule has 0 bridgehead atoms. The first-order valence-electron chi connectivity index (χ1n) is 8.79. The summed E-state index contributed by atoms with van der Waals surface area (Å²) >= 11 is 0. The molecule has 2 aromatic carbocycles. The van der Waals surface area contributed by atoms with Gasteiger partial charge in [-0.1, -0.05) is 6.07 Å². The minimum absolute atomic E-state index is 0.155. The first kappa shape index (κ1) is 21.2. The molecule has 7 nitrogen and oxygen atoms in total. The van der Waals surface area contributed by atoms with Crippen molar-refractivity contribution in [3.8, 4) is 28.7 Å². The van der Waals surface area contributed by atoms with Crippen molar-refractivity contribution in [2.24, 2.45) is 0 Å². The van der Waals surface area contributed by atoms with Crippen molar-refractivity contribution < 1.29 is 28.5 Å². The van der Waals surface area contributed by atoms with Crippen LogP contribution in [0.15, 0.2) is 24.3 Å². The lowest BCUT2D eigenvalue weighted by atomic mass is 10.00. The Morgan fingerprint density at radius 2 is 1.32 bits per heavy atom. The maximum absolute atomic E-state index is 11.6. The van der Waals surface area contributed by atoms with E-state index in [9.17, 15) is 4.79 Å². The van der Waals surface area contributed by atoms with Crippen LogP contribution in [0.5, 0.6) is 28.7 Å². The monoisotopic (exact) mass is 389 g/mol. The standard InChI is InChI=1S/C21H27NO6/c1-13(23)22-16-10-12-17(24-2)20(27-5)15(16)9-7-14-8-11-18(25-3)21(28-6)19(14)26-4/h8,10-12H,7,9H2,1-6H3,(H,22,23). The van der Waals surface area contributed by atoms with Crippen LogP contribution in [-0.4, -0.2) is 41.5 Å². The number of rotatable bonds is 9. The van der Waals surface area contributed by atoms with Crippen molar-refractivity contribution in [1.29, 1.82) is 0 Å². The molecule has 1 N–H and O–H groups in total. The van der Waals surface area contributed by atoms with E-state index >= 15 is 0 Å². The number of carbonyl (C=O) groups excluding carboxylic acids is 1. The molecule has 0 spiro atoms. The summed E-state index contributed by atoms with van der Waals surface area (Å²) in [6.45, 7) is 1.47. The van der Waals surface area contributed by atoms with Crippen molar-refractivity contribution in [3.63, 3.8) is 0 Å². The summed E-state index contributed by atoms with van der Waals surface area (Å²) in [4.78, 5) is 11.6. The number of nitrogens with one attached hydrogen (secondary N) is 1. The molecule has 0 aromatic heterocycles. The lowest BCUT2D eigenvalue weighted by Gasteiger charge is -2.19. The molecule has 0 saturated heterocycles. The number of hydrogen-bond donors (Lipinski definition) is 1. The zero-order valence-corrected chi connectivity index (χ0v) is 17.2. The fourth-order valence-corrected chi connectivity index (χ4v) is 3.17. The highest BCUT2D eigenvalue weighted by Gasteiger charge is 2.19. The maximum atomic E-state index is 11.6. The van der Waals surface area contributed by atoms with Crippen LogP contribution in [0, 0.1) is 0 Å². The summed E-state index contributed by atoms with van der Waals surface area (Å²) in [6.07, 6.45) is 1.21. The lowest BCUT2D eigenvalue weighted by molar-refractivity contribution is -0.114. The van der Waals surface area contributed by atoms with Gasteiger partial charge in [-0.15, -0.1) is 0 Å². The minimum atomic E-state index is -0.155. The molecule has 0 fully saturated rings. The van der Waals surface area contributed by atoms with E-state index in [1.807, 2.05) is 18.2 Å². The fourth-order valence-electron chi connectivity index (χ4n) is 3.17. The van der Waals surface area contributed by atoms with Gasteiger partial charge in [-0.2, -0.15) is 0 Å². The van der Waals surface area contributed by atoms with Crippen molar-refractivity contribution >= 4 is 11.6 Å². The Morgan fingerprint density at radius 3 is 1.86 bits per heavy atom. The van der Waals surface area contributed by atoms with E-state index in [1.165, 1.54) is 6.92 Å². The lowest BCUT2D eigenvalue weighted by Crippen LogP contribution is -2.10. The third-order valence-electron chi connectivity index (χ3n) is 4.39. The number of carbonyl (C=O) groups is 1. The van der Waals surface area contributed by atoms with Gasteiger partial charge < -0.3 is 29.0 Å². The number of anilines is 1. The fraction of sp³-hybridized carbons (Fsp3) is 0.381. The molecule has 2 aromatic rings. The molecular formula is C21H27NO6. The molecule has 152 valence electrons. The highest BCUT2D eigenvalue weighted by atomic mass is 16.5. The second-order valence-electron chi connectivity index (χ2n) is 6.00. The van der Waals surface area contributed by atoms with E-state index in [2.05, 4.69) is 5.32 Å². The summed E-state index contributed by atoms with van der Waals surface area (Å²) in [6, 6.07) is 7.35. The first-order chi connectivity index (χ1) is 13.5. The third-order valence-corrected chi connectivity index (χ3v) is 4.39. The Hall–Kier alpha value is -3.09. The van der Waals surface area contributed by atoms with Crippen LogP contribution in [0.3, 0.4) is 0 Å². The van der Waals surface area contributed by atoms with Gasteiger partial charge in [0.1, 0.15) is 0 Å². The Bertz CT molecular complexity index is 834. The number of amides is 1.